The minimum Gasteiger partial charge on any atom is -0.340 e. The van der Waals surface area contributed by atoms with E-state index in [9.17, 15) is 13.8 Å². The predicted molar refractivity (Wildman–Crippen MR) is 71.6 cm³/mol. The van der Waals surface area contributed by atoms with Crippen molar-refractivity contribution in [2.45, 2.75) is 45.2 Å². The highest BCUT2D eigenvalue weighted by molar-refractivity contribution is 7.84. The van der Waals surface area contributed by atoms with Crippen LogP contribution in [0.25, 0.3) is 0 Å². The number of carbonyl (C=O) groups excluding carboxylic acids is 2. The molecule has 1 aliphatic heterocycles. The van der Waals surface area contributed by atoms with Crippen LogP contribution in [0, 0.1) is 0 Å². The summed E-state index contributed by atoms with van der Waals surface area (Å²) in [5, 5.41) is 2.75. The van der Waals surface area contributed by atoms with Crippen molar-refractivity contribution in [2.75, 3.05) is 18.6 Å². The molecule has 5 nitrogen and oxygen atoms in total. The van der Waals surface area contributed by atoms with Gasteiger partial charge in [-0.3, -0.25) is 13.8 Å². The van der Waals surface area contributed by atoms with Gasteiger partial charge in [0.15, 0.2) is 0 Å². The molecule has 0 aromatic rings. The Morgan fingerprint density at radius 2 is 2.11 bits per heavy atom. The average molecular weight is 274 g/mol. The number of nitrogens with zero attached hydrogens (tertiary/aromatic N) is 1. The van der Waals surface area contributed by atoms with E-state index in [0.717, 1.165) is 0 Å². The van der Waals surface area contributed by atoms with Crippen LogP contribution in [0.5, 0.6) is 0 Å². The maximum atomic E-state index is 12.3. The maximum absolute atomic E-state index is 12.3. The average Bonchev–Trinajstić information content (AvgIpc) is 2.30. The highest BCUT2D eigenvalue weighted by Crippen LogP contribution is 2.20. The molecule has 104 valence electrons. The molecule has 18 heavy (non-hydrogen) atoms. The second-order valence-electron chi connectivity index (χ2n) is 5.08. The molecule has 0 spiro atoms. The van der Waals surface area contributed by atoms with Gasteiger partial charge < -0.3 is 10.2 Å². The highest BCUT2D eigenvalue weighted by atomic mass is 32.2. The van der Waals surface area contributed by atoms with Crippen LogP contribution in [0.2, 0.25) is 0 Å². The number of amides is 2. The number of nitrogens with one attached hydrogen (secondary N) is 1. The molecular weight excluding hydrogens is 252 g/mol. The predicted octanol–water partition coefficient (Wildman–Crippen LogP) is 0.271. The number of hydrogen-bond acceptors (Lipinski definition) is 3. The SMILES string of the molecule is CCC1(C)NC(=O)CN(C(C)CCS(C)=O)C1=O. The van der Waals surface area contributed by atoms with E-state index in [1.807, 2.05) is 13.8 Å². The van der Waals surface area contributed by atoms with E-state index in [-0.39, 0.29) is 24.4 Å². The molecule has 0 aromatic heterocycles. The Morgan fingerprint density at radius 3 is 2.61 bits per heavy atom. The van der Waals surface area contributed by atoms with Gasteiger partial charge in [0.05, 0.1) is 6.54 Å². The van der Waals surface area contributed by atoms with Crippen LogP contribution in [0.3, 0.4) is 0 Å². The van der Waals surface area contributed by atoms with Gasteiger partial charge in [0.25, 0.3) is 0 Å². The summed E-state index contributed by atoms with van der Waals surface area (Å²) in [4.78, 5) is 25.6. The van der Waals surface area contributed by atoms with Gasteiger partial charge in [-0.2, -0.15) is 0 Å². The Kier molecular flexibility index (Phi) is 4.90. The number of piperazine rings is 1. The van der Waals surface area contributed by atoms with E-state index in [1.165, 1.54) is 0 Å². The van der Waals surface area contributed by atoms with Crippen LogP contribution >= 0.6 is 0 Å². The summed E-state index contributed by atoms with van der Waals surface area (Å²) in [5.41, 5.74) is -0.797. The monoisotopic (exact) mass is 274 g/mol. The number of rotatable bonds is 5. The van der Waals surface area contributed by atoms with Crippen molar-refractivity contribution in [1.29, 1.82) is 0 Å². The van der Waals surface area contributed by atoms with Crippen molar-refractivity contribution in [2.24, 2.45) is 0 Å². The van der Waals surface area contributed by atoms with E-state index < -0.39 is 16.3 Å². The third kappa shape index (κ3) is 3.31. The molecule has 1 fully saturated rings. The Morgan fingerprint density at radius 1 is 1.50 bits per heavy atom. The summed E-state index contributed by atoms with van der Waals surface area (Å²) >= 11 is 0. The van der Waals surface area contributed by atoms with Gasteiger partial charge in [0.2, 0.25) is 11.8 Å². The van der Waals surface area contributed by atoms with Gasteiger partial charge in [-0.25, -0.2) is 0 Å². The smallest absolute Gasteiger partial charge is 0.248 e. The van der Waals surface area contributed by atoms with Gasteiger partial charge in [-0.15, -0.1) is 0 Å². The normalized spacial score (nSPS) is 27.9. The molecule has 3 atom stereocenters. The maximum Gasteiger partial charge on any atom is 0.248 e. The third-order valence-electron chi connectivity index (χ3n) is 3.52. The van der Waals surface area contributed by atoms with Crippen molar-refractivity contribution >= 4 is 22.6 Å². The van der Waals surface area contributed by atoms with Gasteiger partial charge in [0.1, 0.15) is 5.54 Å². The molecule has 0 aliphatic carbocycles. The van der Waals surface area contributed by atoms with Gasteiger partial charge >= 0.3 is 0 Å². The van der Waals surface area contributed by atoms with Crippen molar-refractivity contribution < 1.29 is 13.8 Å². The summed E-state index contributed by atoms with van der Waals surface area (Å²) in [6, 6.07) is -0.0571. The van der Waals surface area contributed by atoms with Crippen LogP contribution in [-0.2, 0) is 20.4 Å². The molecule has 0 saturated carbocycles. The first-order chi connectivity index (χ1) is 8.30. The summed E-state index contributed by atoms with van der Waals surface area (Å²) < 4.78 is 11.1. The molecule has 1 saturated heterocycles. The second-order valence-corrected chi connectivity index (χ2v) is 6.64. The fourth-order valence-corrected chi connectivity index (χ4v) is 2.71. The fourth-order valence-electron chi connectivity index (χ4n) is 2.03. The Labute approximate surface area is 111 Å². The van der Waals surface area contributed by atoms with E-state index >= 15 is 0 Å². The third-order valence-corrected chi connectivity index (χ3v) is 4.34. The van der Waals surface area contributed by atoms with Crippen molar-refractivity contribution in [3.05, 3.63) is 0 Å². The summed E-state index contributed by atoms with van der Waals surface area (Å²) in [7, 11) is -0.870. The largest absolute Gasteiger partial charge is 0.340 e. The van der Waals surface area contributed by atoms with Crippen molar-refractivity contribution in [3.8, 4) is 0 Å². The van der Waals surface area contributed by atoms with E-state index in [2.05, 4.69) is 5.32 Å². The minimum absolute atomic E-state index is 0.0426. The standard InChI is InChI=1S/C12H22N2O3S/c1-5-12(3)11(16)14(8-10(15)13-12)9(2)6-7-18(4)17/h9H,5-8H2,1-4H3,(H,13,15). The molecule has 2 amide bonds. The zero-order valence-corrected chi connectivity index (χ0v) is 12.3. The zero-order valence-electron chi connectivity index (χ0n) is 11.5. The van der Waals surface area contributed by atoms with Crippen LogP contribution in [-0.4, -0.2) is 51.1 Å². The zero-order chi connectivity index (χ0) is 13.9. The van der Waals surface area contributed by atoms with Crippen LogP contribution in [0.4, 0.5) is 0 Å². The van der Waals surface area contributed by atoms with E-state index in [1.54, 1.807) is 18.1 Å². The lowest BCUT2D eigenvalue weighted by Gasteiger charge is -2.42. The van der Waals surface area contributed by atoms with Crippen LogP contribution < -0.4 is 5.32 Å². The number of hydrogen-bond donors (Lipinski definition) is 1. The molecule has 0 bridgehead atoms. The summed E-state index contributed by atoms with van der Waals surface area (Å²) in [6.07, 6.45) is 2.87. The quantitative estimate of drug-likeness (QED) is 0.782. The number of carbonyl (C=O) groups is 2. The van der Waals surface area contributed by atoms with E-state index in [4.69, 9.17) is 0 Å². The second kappa shape index (κ2) is 5.82. The molecule has 1 rings (SSSR count). The molecule has 0 radical (unpaired) electrons. The molecule has 1 heterocycles. The lowest BCUT2D eigenvalue weighted by atomic mass is 9.93. The van der Waals surface area contributed by atoms with Crippen LogP contribution in [0.15, 0.2) is 0 Å². The highest BCUT2D eigenvalue weighted by Gasteiger charge is 2.42. The Hall–Kier alpha value is -0.910. The molecule has 0 aromatic carbocycles. The van der Waals surface area contributed by atoms with Crippen LogP contribution in [0.1, 0.15) is 33.6 Å². The van der Waals surface area contributed by atoms with Crippen molar-refractivity contribution in [1.82, 2.24) is 10.2 Å². The lowest BCUT2D eigenvalue weighted by molar-refractivity contribution is -0.151. The Balaban J connectivity index is 2.77. The molecule has 1 N–H and O–H groups in total. The van der Waals surface area contributed by atoms with Crippen molar-refractivity contribution in [3.63, 3.8) is 0 Å². The molecular formula is C12H22N2O3S. The topological polar surface area (TPSA) is 66.5 Å². The minimum atomic E-state index is -0.870. The van der Waals surface area contributed by atoms with Gasteiger partial charge in [-0.05, 0) is 26.7 Å². The molecule has 6 heteroatoms. The Bertz CT molecular complexity index is 372. The molecule has 3 unspecified atom stereocenters. The first kappa shape index (κ1) is 15.1. The summed E-state index contributed by atoms with van der Waals surface area (Å²) in [5.74, 6) is 0.387. The fraction of sp³-hybridized carbons (Fsp3) is 0.833. The van der Waals surface area contributed by atoms with Gasteiger partial charge in [0, 0.05) is 28.9 Å². The first-order valence-corrected chi connectivity index (χ1v) is 7.95. The summed E-state index contributed by atoms with van der Waals surface area (Å²) in [6.45, 7) is 5.64. The first-order valence-electron chi connectivity index (χ1n) is 6.22. The molecule has 1 aliphatic rings. The van der Waals surface area contributed by atoms with E-state index in [0.29, 0.717) is 18.6 Å². The lowest BCUT2D eigenvalue weighted by Crippen LogP contribution is -2.66. The van der Waals surface area contributed by atoms with Gasteiger partial charge in [-0.1, -0.05) is 6.92 Å².